The van der Waals surface area contributed by atoms with Crippen molar-refractivity contribution in [3.63, 3.8) is 0 Å². The fourth-order valence-corrected chi connectivity index (χ4v) is 4.14. The van der Waals surface area contributed by atoms with E-state index in [0.717, 1.165) is 12.8 Å². The molecule has 0 nitrogen and oxygen atoms in total. The molecule has 2 fully saturated rings. The molecule has 0 aromatic heterocycles. The molecular weight excluding hydrogens is 287 g/mol. The van der Waals surface area contributed by atoms with Crippen LogP contribution in [0.25, 0.3) is 0 Å². The molecular formula is C16H25F5. The smallest absolute Gasteiger partial charge is 0.247 e. The van der Waals surface area contributed by atoms with Gasteiger partial charge in [0.15, 0.2) is 0 Å². The van der Waals surface area contributed by atoms with Crippen molar-refractivity contribution in [2.45, 2.75) is 76.8 Å². The number of alkyl halides is 5. The Bertz CT molecular complexity index is 327. The van der Waals surface area contributed by atoms with Gasteiger partial charge in [0.1, 0.15) is 12.3 Å². The van der Waals surface area contributed by atoms with E-state index < -0.39 is 30.9 Å². The lowest BCUT2D eigenvalue weighted by Gasteiger charge is -2.40. The second-order valence-corrected chi connectivity index (χ2v) is 7.10. The highest BCUT2D eigenvalue weighted by molar-refractivity contribution is 4.89. The van der Waals surface area contributed by atoms with Gasteiger partial charge in [0, 0.05) is 6.42 Å². The predicted octanol–water partition coefficient (Wildman–Crippen LogP) is 5.86. The van der Waals surface area contributed by atoms with Gasteiger partial charge in [-0.2, -0.15) is 13.2 Å². The molecule has 2 rings (SSSR count). The summed E-state index contributed by atoms with van der Waals surface area (Å²) in [5.74, 6) is -0.170. The Morgan fingerprint density at radius 3 is 2.19 bits per heavy atom. The topological polar surface area (TPSA) is 0 Å². The van der Waals surface area contributed by atoms with E-state index in [0.29, 0.717) is 25.2 Å². The summed E-state index contributed by atoms with van der Waals surface area (Å²) in [6, 6.07) is 0. The van der Waals surface area contributed by atoms with Crippen LogP contribution >= 0.6 is 0 Å². The molecule has 0 heterocycles. The highest BCUT2D eigenvalue weighted by Gasteiger charge is 2.40. The molecule has 0 aromatic rings. The molecule has 0 saturated heterocycles. The van der Waals surface area contributed by atoms with Gasteiger partial charge in [-0.25, -0.2) is 8.78 Å². The molecule has 6 atom stereocenters. The van der Waals surface area contributed by atoms with Crippen molar-refractivity contribution in [3.8, 4) is 0 Å². The van der Waals surface area contributed by atoms with E-state index in [-0.39, 0.29) is 24.7 Å². The summed E-state index contributed by atoms with van der Waals surface area (Å²) >= 11 is 0. The molecule has 0 radical (unpaired) electrons. The largest absolute Gasteiger partial charge is 0.389 e. The Hall–Kier alpha value is -0.350. The van der Waals surface area contributed by atoms with Gasteiger partial charge < -0.3 is 0 Å². The van der Waals surface area contributed by atoms with Crippen LogP contribution in [0.15, 0.2) is 0 Å². The molecule has 0 spiro atoms. The minimum absolute atomic E-state index is 0.0182. The van der Waals surface area contributed by atoms with Crippen molar-refractivity contribution in [2.75, 3.05) is 0 Å². The minimum Gasteiger partial charge on any atom is -0.247 e. The van der Waals surface area contributed by atoms with Gasteiger partial charge >= 0.3 is 6.18 Å². The molecule has 0 aromatic carbocycles. The van der Waals surface area contributed by atoms with Gasteiger partial charge in [0.2, 0.25) is 0 Å². The third-order valence-corrected chi connectivity index (χ3v) is 5.44. The van der Waals surface area contributed by atoms with Crippen LogP contribution in [0.4, 0.5) is 22.0 Å². The maximum Gasteiger partial charge on any atom is 0.389 e. The van der Waals surface area contributed by atoms with Gasteiger partial charge in [-0.15, -0.1) is 0 Å². The quantitative estimate of drug-likeness (QED) is 0.573. The maximum atomic E-state index is 14.1. The van der Waals surface area contributed by atoms with E-state index in [2.05, 4.69) is 0 Å². The summed E-state index contributed by atoms with van der Waals surface area (Å²) in [7, 11) is 0. The minimum atomic E-state index is -4.21. The van der Waals surface area contributed by atoms with Crippen LogP contribution in [0.1, 0.15) is 58.3 Å². The third-order valence-electron chi connectivity index (χ3n) is 5.44. The van der Waals surface area contributed by atoms with Crippen LogP contribution in [0.5, 0.6) is 0 Å². The van der Waals surface area contributed by atoms with E-state index >= 15 is 0 Å². The van der Waals surface area contributed by atoms with Crippen LogP contribution in [0.3, 0.4) is 0 Å². The van der Waals surface area contributed by atoms with Gasteiger partial charge in [-0.3, -0.25) is 0 Å². The molecule has 5 heteroatoms. The lowest BCUT2D eigenvalue weighted by molar-refractivity contribution is -0.139. The molecule has 21 heavy (non-hydrogen) atoms. The summed E-state index contributed by atoms with van der Waals surface area (Å²) in [6.45, 7) is 2.04. The van der Waals surface area contributed by atoms with Crippen LogP contribution < -0.4 is 0 Å². The van der Waals surface area contributed by atoms with Gasteiger partial charge in [-0.05, 0) is 62.2 Å². The van der Waals surface area contributed by atoms with E-state index in [9.17, 15) is 22.0 Å². The van der Waals surface area contributed by atoms with E-state index in [1.807, 2.05) is 6.92 Å². The first kappa shape index (κ1) is 17.0. The van der Waals surface area contributed by atoms with Gasteiger partial charge in [0.25, 0.3) is 0 Å². The predicted molar refractivity (Wildman–Crippen MR) is 72.4 cm³/mol. The molecule has 0 amide bonds. The zero-order chi connectivity index (χ0) is 15.6. The fraction of sp³-hybridized carbons (Fsp3) is 1.00. The molecule has 2 aliphatic carbocycles. The normalized spacial score (nSPS) is 42.0. The van der Waals surface area contributed by atoms with E-state index in [1.54, 1.807) is 0 Å². The SMILES string of the molecule is CC1CCC(C2CCC(CCC(F)(F)F)C(F)C2)C(F)C1. The first-order chi connectivity index (χ1) is 9.76. The number of hydrogen-bond acceptors (Lipinski definition) is 0. The third kappa shape index (κ3) is 4.82. The monoisotopic (exact) mass is 312 g/mol. The molecule has 0 N–H and O–H groups in total. The first-order valence-electron chi connectivity index (χ1n) is 8.11. The molecule has 0 aliphatic heterocycles. The maximum absolute atomic E-state index is 14.1. The molecule has 6 unspecified atom stereocenters. The molecule has 2 aliphatic rings. The molecule has 124 valence electrons. The lowest BCUT2D eigenvalue weighted by Crippen LogP contribution is -2.37. The second kappa shape index (κ2) is 6.82. The fourth-order valence-electron chi connectivity index (χ4n) is 4.14. The van der Waals surface area contributed by atoms with Crippen LogP contribution in [0, 0.1) is 23.7 Å². The van der Waals surface area contributed by atoms with Crippen LogP contribution in [-0.2, 0) is 0 Å². The summed E-state index contributed by atoms with van der Waals surface area (Å²) in [4.78, 5) is 0. The zero-order valence-corrected chi connectivity index (χ0v) is 12.5. The number of rotatable bonds is 3. The first-order valence-corrected chi connectivity index (χ1v) is 8.11. The molecule has 0 bridgehead atoms. The summed E-state index contributed by atoms with van der Waals surface area (Å²) in [5.41, 5.74) is 0. The van der Waals surface area contributed by atoms with E-state index in [1.165, 1.54) is 0 Å². The van der Waals surface area contributed by atoms with Crippen molar-refractivity contribution in [3.05, 3.63) is 0 Å². The summed E-state index contributed by atoms with van der Waals surface area (Å²) < 4.78 is 64.9. The average Bonchev–Trinajstić information content (AvgIpc) is 2.36. The van der Waals surface area contributed by atoms with Crippen molar-refractivity contribution >= 4 is 0 Å². The Balaban J connectivity index is 1.83. The Morgan fingerprint density at radius 2 is 1.62 bits per heavy atom. The van der Waals surface area contributed by atoms with Crippen LogP contribution in [-0.4, -0.2) is 18.5 Å². The van der Waals surface area contributed by atoms with Crippen molar-refractivity contribution < 1.29 is 22.0 Å². The number of halogens is 5. The average molecular weight is 312 g/mol. The lowest BCUT2D eigenvalue weighted by atomic mass is 9.67. The Kier molecular flexibility index (Phi) is 5.53. The second-order valence-electron chi connectivity index (χ2n) is 7.10. The summed E-state index contributed by atoms with van der Waals surface area (Å²) in [6.07, 6.45) is -3.56. The molecule has 2 saturated carbocycles. The van der Waals surface area contributed by atoms with E-state index in [4.69, 9.17) is 0 Å². The summed E-state index contributed by atoms with van der Waals surface area (Å²) in [5, 5.41) is 0. The standard InChI is InChI=1S/C16H25F5/c1-10-2-5-13(15(18)8-10)12-4-3-11(14(17)9-12)6-7-16(19,20)21/h10-15H,2-9H2,1H3. The Morgan fingerprint density at radius 1 is 0.905 bits per heavy atom. The highest BCUT2D eigenvalue weighted by Crippen LogP contribution is 2.44. The zero-order valence-electron chi connectivity index (χ0n) is 12.5. The number of hydrogen-bond donors (Lipinski definition) is 0. The highest BCUT2D eigenvalue weighted by atomic mass is 19.4. The van der Waals surface area contributed by atoms with Crippen molar-refractivity contribution in [1.82, 2.24) is 0 Å². The van der Waals surface area contributed by atoms with Gasteiger partial charge in [-0.1, -0.05) is 13.3 Å². The Labute approximate surface area is 123 Å². The van der Waals surface area contributed by atoms with Crippen molar-refractivity contribution in [2.24, 2.45) is 23.7 Å². The van der Waals surface area contributed by atoms with Crippen molar-refractivity contribution in [1.29, 1.82) is 0 Å². The van der Waals surface area contributed by atoms with Gasteiger partial charge in [0.05, 0.1) is 0 Å². The van der Waals surface area contributed by atoms with Crippen LogP contribution in [0.2, 0.25) is 0 Å².